The van der Waals surface area contributed by atoms with Crippen molar-refractivity contribution in [2.24, 2.45) is 5.92 Å². The van der Waals surface area contributed by atoms with E-state index >= 15 is 0 Å². The van der Waals surface area contributed by atoms with Gasteiger partial charge in [-0.3, -0.25) is 0 Å². The minimum Gasteiger partial charge on any atom is -0.394 e. The monoisotopic (exact) mass is 265 g/mol. The van der Waals surface area contributed by atoms with Crippen LogP contribution in [0.4, 0.5) is 4.39 Å². The van der Waals surface area contributed by atoms with Crippen LogP contribution in [0.1, 0.15) is 43.7 Å². The van der Waals surface area contributed by atoms with Gasteiger partial charge in [0.15, 0.2) is 0 Å². The van der Waals surface area contributed by atoms with Gasteiger partial charge >= 0.3 is 0 Å². The van der Waals surface area contributed by atoms with Gasteiger partial charge in [-0.1, -0.05) is 24.6 Å². The van der Waals surface area contributed by atoms with Crippen LogP contribution in [0.5, 0.6) is 0 Å². The van der Waals surface area contributed by atoms with Gasteiger partial charge in [-0.2, -0.15) is 0 Å². The number of benzene rings is 1. The fraction of sp³-hybridized carbons (Fsp3) is 0.625. The fourth-order valence-corrected chi connectivity index (χ4v) is 2.83. The van der Waals surface area contributed by atoms with Crippen LogP contribution in [-0.4, -0.2) is 17.3 Å². The fourth-order valence-electron chi connectivity index (χ4n) is 2.83. The standard InChI is InChI=1S/C16H24FNO/c1-12-5-7-16(11-19,8-6-12)18-10-14-9-13(2)3-4-15(14)17/h3-4,9,12,18-19H,5-8,10-11H2,1-2H3. The van der Waals surface area contributed by atoms with Crippen molar-refractivity contribution in [3.8, 4) is 0 Å². The van der Waals surface area contributed by atoms with E-state index < -0.39 is 0 Å². The highest BCUT2D eigenvalue weighted by Gasteiger charge is 2.33. The lowest BCUT2D eigenvalue weighted by molar-refractivity contribution is 0.104. The maximum atomic E-state index is 13.7. The third-order valence-corrected chi connectivity index (χ3v) is 4.39. The number of hydrogen-bond donors (Lipinski definition) is 2. The van der Waals surface area contributed by atoms with Gasteiger partial charge in [-0.15, -0.1) is 0 Å². The summed E-state index contributed by atoms with van der Waals surface area (Å²) in [5, 5.41) is 13.1. The van der Waals surface area contributed by atoms with Crippen LogP contribution < -0.4 is 5.32 Å². The highest BCUT2D eigenvalue weighted by molar-refractivity contribution is 5.24. The molecule has 0 amide bonds. The van der Waals surface area contributed by atoms with Crippen molar-refractivity contribution >= 4 is 0 Å². The van der Waals surface area contributed by atoms with Crippen LogP contribution >= 0.6 is 0 Å². The van der Waals surface area contributed by atoms with Crippen molar-refractivity contribution in [2.75, 3.05) is 6.61 Å². The van der Waals surface area contributed by atoms with Crippen LogP contribution in [0.2, 0.25) is 0 Å². The average Bonchev–Trinajstić information content (AvgIpc) is 2.42. The Morgan fingerprint density at radius 3 is 2.68 bits per heavy atom. The summed E-state index contributed by atoms with van der Waals surface area (Å²) in [6.07, 6.45) is 4.20. The molecule has 0 saturated heterocycles. The van der Waals surface area contributed by atoms with E-state index in [2.05, 4.69) is 12.2 Å². The van der Waals surface area contributed by atoms with Gasteiger partial charge in [0.1, 0.15) is 5.82 Å². The van der Waals surface area contributed by atoms with Gasteiger partial charge in [0.05, 0.1) is 6.61 Å². The Bertz CT molecular complexity index is 425. The predicted molar refractivity (Wildman–Crippen MR) is 75.4 cm³/mol. The van der Waals surface area contributed by atoms with Crippen LogP contribution in [0, 0.1) is 18.7 Å². The summed E-state index contributed by atoms with van der Waals surface area (Å²) in [7, 11) is 0. The molecule has 1 aromatic carbocycles. The molecule has 19 heavy (non-hydrogen) atoms. The molecule has 1 aliphatic carbocycles. The van der Waals surface area contributed by atoms with E-state index in [1.54, 1.807) is 6.07 Å². The number of nitrogens with one attached hydrogen (secondary N) is 1. The molecule has 0 unspecified atom stereocenters. The smallest absolute Gasteiger partial charge is 0.127 e. The first-order valence-corrected chi connectivity index (χ1v) is 7.15. The lowest BCUT2D eigenvalue weighted by atomic mass is 9.77. The van der Waals surface area contributed by atoms with Crippen molar-refractivity contribution in [3.05, 3.63) is 35.1 Å². The maximum absolute atomic E-state index is 13.7. The molecule has 0 atom stereocenters. The number of aryl methyl sites for hydroxylation is 1. The normalized spacial score (nSPS) is 27.5. The van der Waals surface area contributed by atoms with E-state index in [1.165, 1.54) is 6.07 Å². The number of aliphatic hydroxyl groups excluding tert-OH is 1. The summed E-state index contributed by atoms with van der Waals surface area (Å²) >= 11 is 0. The molecule has 1 saturated carbocycles. The minimum absolute atomic E-state index is 0.132. The molecule has 3 heteroatoms. The van der Waals surface area contributed by atoms with Gasteiger partial charge < -0.3 is 10.4 Å². The van der Waals surface area contributed by atoms with Gasteiger partial charge in [0.25, 0.3) is 0 Å². The molecule has 2 nitrogen and oxygen atoms in total. The summed E-state index contributed by atoms with van der Waals surface area (Å²) in [5.74, 6) is 0.563. The number of halogens is 1. The maximum Gasteiger partial charge on any atom is 0.127 e. The third-order valence-electron chi connectivity index (χ3n) is 4.39. The Morgan fingerprint density at radius 2 is 2.05 bits per heavy atom. The first kappa shape index (κ1) is 14.5. The molecule has 1 aromatic rings. The van der Waals surface area contributed by atoms with Crippen LogP contribution in [0.15, 0.2) is 18.2 Å². The topological polar surface area (TPSA) is 32.3 Å². The lowest BCUT2D eigenvalue weighted by Gasteiger charge is -2.39. The minimum atomic E-state index is -0.220. The van der Waals surface area contributed by atoms with Gasteiger partial charge in [-0.05, 0) is 44.6 Å². The number of rotatable bonds is 4. The molecule has 0 heterocycles. The van der Waals surface area contributed by atoms with E-state index in [0.717, 1.165) is 37.2 Å². The largest absolute Gasteiger partial charge is 0.394 e. The predicted octanol–water partition coefficient (Wildman–Crippen LogP) is 3.16. The zero-order valence-electron chi connectivity index (χ0n) is 11.9. The SMILES string of the molecule is Cc1ccc(F)c(CNC2(CO)CCC(C)CC2)c1. The summed E-state index contributed by atoms with van der Waals surface area (Å²) in [6, 6.07) is 5.17. The molecule has 0 bridgehead atoms. The van der Waals surface area contributed by atoms with Crippen molar-refractivity contribution in [3.63, 3.8) is 0 Å². The molecule has 0 aromatic heterocycles. The van der Waals surface area contributed by atoms with Crippen LogP contribution in [-0.2, 0) is 6.54 Å². The molecule has 1 aliphatic rings. The Kier molecular flexibility index (Phi) is 4.58. The summed E-state index contributed by atoms with van der Waals surface area (Å²) in [5.41, 5.74) is 1.53. The lowest BCUT2D eigenvalue weighted by Crippen LogP contribution is -2.50. The average molecular weight is 265 g/mol. The van der Waals surface area contributed by atoms with Gasteiger partial charge in [-0.25, -0.2) is 4.39 Å². The molecule has 2 rings (SSSR count). The Labute approximate surface area is 115 Å². The van der Waals surface area contributed by atoms with Crippen molar-refractivity contribution in [1.82, 2.24) is 5.32 Å². The second kappa shape index (κ2) is 6.02. The van der Waals surface area contributed by atoms with E-state index in [1.807, 2.05) is 13.0 Å². The van der Waals surface area contributed by atoms with Crippen molar-refractivity contribution in [1.29, 1.82) is 0 Å². The molecular weight excluding hydrogens is 241 g/mol. The zero-order chi connectivity index (χ0) is 13.9. The van der Waals surface area contributed by atoms with Crippen molar-refractivity contribution < 1.29 is 9.50 Å². The zero-order valence-corrected chi connectivity index (χ0v) is 11.9. The molecule has 0 spiro atoms. The van der Waals surface area contributed by atoms with E-state index in [9.17, 15) is 9.50 Å². The number of hydrogen-bond acceptors (Lipinski definition) is 2. The van der Waals surface area contributed by atoms with Crippen molar-refractivity contribution in [2.45, 2.75) is 51.6 Å². The van der Waals surface area contributed by atoms with E-state index in [0.29, 0.717) is 12.1 Å². The molecule has 0 aliphatic heterocycles. The second-order valence-corrected chi connectivity index (χ2v) is 6.07. The van der Waals surface area contributed by atoms with E-state index in [-0.39, 0.29) is 18.0 Å². The molecule has 0 radical (unpaired) electrons. The molecule has 106 valence electrons. The molecule has 1 fully saturated rings. The Hall–Kier alpha value is -0.930. The summed E-state index contributed by atoms with van der Waals surface area (Å²) in [4.78, 5) is 0. The Morgan fingerprint density at radius 1 is 1.37 bits per heavy atom. The highest BCUT2D eigenvalue weighted by Crippen LogP contribution is 2.32. The summed E-state index contributed by atoms with van der Waals surface area (Å²) in [6.45, 7) is 4.84. The van der Waals surface area contributed by atoms with Gasteiger partial charge in [0, 0.05) is 17.6 Å². The van der Waals surface area contributed by atoms with E-state index in [4.69, 9.17) is 0 Å². The third kappa shape index (κ3) is 3.54. The van der Waals surface area contributed by atoms with Crippen LogP contribution in [0.25, 0.3) is 0 Å². The first-order valence-electron chi connectivity index (χ1n) is 7.15. The highest BCUT2D eigenvalue weighted by atomic mass is 19.1. The Balaban J connectivity index is 2.01. The van der Waals surface area contributed by atoms with Crippen LogP contribution in [0.3, 0.4) is 0 Å². The first-order chi connectivity index (χ1) is 9.04. The quantitative estimate of drug-likeness (QED) is 0.876. The molecular formula is C16H24FNO. The molecule has 2 N–H and O–H groups in total. The second-order valence-electron chi connectivity index (χ2n) is 6.07. The summed E-state index contributed by atoms with van der Waals surface area (Å²) < 4.78 is 13.7. The number of aliphatic hydroxyl groups is 1. The van der Waals surface area contributed by atoms with Gasteiger partial charge in [0.2, 0.25) is 0 Å².